The molecule has 0 bridgehead atoms. The molecule has 0 aliphatic heterocycles. The van der Waals surface area contributed by atoms with Crippen LogP contribution in [0.5, 0.6) is 17.2 Å². The molecule has 0 atom stereocenters. The van der Waals surface area contributed by atoms with Crippen molar-refractivity contribution < 1.29 is 19.0 Å². The van der Waals surface area contributed by atoms with Gasteiger partial charge in [0.05, 0.1) is 18.8 Å². The van der Waals surface area contributed by atoms with Crippen molar-refractivity contribution in [1.82, 2.24) is 0 Å². The third-order valence-electron chi connectivity index (χ3n) is 4.32. The SMILES string of the molecule is CCCc1c(/C=C/C(=O)c2ccc(OCC)cc2)cc(OC(C)C)cc1OC(C)C. The molecule has 2 aromatic rings. The van der Waals surface area contributed by atoms with Gasteiger partial charge in [0.1, 0.15) is 17.2 Å². The highest BCUT2D eigenvalue weighted by molar-refractivity contribution is 6.07. The molecule has 162 valence electrons. The zero-order chi connectivity index (χ0) is 22.1. The van der Waals surface area contributed by atoms with E-state index in [2.05, 4.69) is 6.92 Å². The van der Waals surface area contributed by atoms with E-state index in [1.54, 1.807) is 18.2 Å². The predicted octanol–water partition coefficient (Wildman–Crippen LogP) is 6.51. The molecule has 4 nitrogen and oxygen atoms in total. The van der Waals surface area contributed by atoms with Crippen LogP contribution in [0, 0.1) is 0 Å². The average molecular weight is 411 g/mol. The Labute approximate surface area is 180 Å². The van der Waals surface area contributed by atoms with E-state index < -0.39 is 0 Å². The Morgan fingerprint density at radius 3 is 2.17 bits per heavy atom. The Hall–Kier alpha value is -2.75. The van der Waals surface area contributed by atoms with E-state index in [-0.39, 0.29) is 18.0 Å². The van der Waals surface area contributed by atoms with E-state index in [9.17, 15) is 4.79 Å². The number of allylic oxidation sites excluding steroid dienone is 1. The third-order valence-corrected chi connectivity index (χ3v) is 4.32. The zero-order valence-electron chi connectivity index (χ0n) is 19.0. The summed E-state index contributed by atoms with van der Waals surface area (Å²) >= 11 is 0. The van der Waals surface area contributed by atoms with Crippen LogP contribution < -0.4 is 14.2 Å². The van der Waals surface area contributed by atoms with Gasteiger partial charge in [0.15, 0.2) is 5.78 Å². The van der Waals surface area contributed by atoms with Crippen LogP contribution in [-0.4, -0.2) is 24.6 Å². The van der Waals surface area contributed by atoms with Crippen molar-refractivity contribution in [3.05, 3.63) is 59.2 Å². The van der Waals surface area contributed by atoms with Gasteiger partial charge in [-0.2, -0.15) is 0 Å². The van der Waals surface area contributed by atoms with Gasteiger partial charge in [0.2, 0.25) is 0 Å². The lowest BCUT2D eigenvalue weighted by molar-refractivity contribution is 0.104. The Morgan fingerprint density at radius 1 is 0.933 bits per heavy atom. The summed E-state index contributed by atoms with van der Waals surface area (Å²) in [5.41, 5.74) is 2.67. The van der Waals surface area contributed by atoms with E-state index in [1.165, 1.54) is 0 Å². The molecule has 0 aliphatic rings. The first-order valence-electron chi connectivity index (χ1n) is 10.8. The first-order valence-corrected chi connectivity index (χ1v) is 10.8. The molecule has 0 radical (unpaired) electrons. The van der Waals surface area contributed by atoms with Crippen LogP contribution in [0.2, 0.25) is 0 Å². The second-order valence-corrected chi connectivity index (χ2v) is 7.73. The lowest BCUT2D eigenvalue weighted by Gasteiger charge is -2.19. The number of rotatable bonds is 11. The van der Waals surface area contributed by atoms with Gasteiger partial charge in [-0.1, -0.05) is 19.4 Å². The normalized spacial score (nSPS) is 11.3. The van der Waals surface area contributed by atoms with E-state index in [0.29, 0.717) is 12.2 Å². The van der Waals surface area contributed by atoms with E-state index in [1.807, 2.05) is 65.0 Å². The van der Waals surface area contributed by atoms with Gasteiger partial charge >= 0.3 is 0 Å². The molecule has 2 rings (SSSR count). The quantitative estimate of drug-likeness (QED) is 0.313. The number of benzene rings is 2. The monoisotopic (exact) mass is 410 g/mol. The van der Waals surface area contributed by atoms with Crippen molar-refractivity contribution in [2.45, 2.75) is 66.6 Å². The molecule has 0 aliphatic carbocycles. The number of carbonyl (C=O) groups excluding carboxylic acids is 1. The minimum absolute atomic E-state index is 0.0521. The second kappa shape index (κ2) is 11.4. The molecule has 4 heteroatoms. The van der Waals surface area contributed by atoms with Crippen molar-refractivity contribution in [3.8, 4) is 17.2 Å². The molecule has 2 aromatic carbocycles. The van der Waals surface area contributed by atoms with Crippen LogP contribution >= 0.6 is 0 Å². The highest BCUT2D eigenvalue weighted by Crippen LogP contribution is 2.32. The Bertz CT molecular complexity index is 848. The molecule has 0 spiro atoms. The average Bonchev–Trinajstić information content (AvgIpc) is 2.68. The highest BCUT2D eigenvalue weighted by Gasteiger charge is 2.14. The van der Waals surface area contributed by atoms with Crippen molar-refractivity contribution >= 4 is 11.9 Å². The fourth-order valence-corrected chi connectivity index (χ4v) is 3.15. The van der Waals surface area contributed by atoms with Crippen LogP contribution in [0.25, 0.3) is 6.08 Å². The predicted molar refractivity (Wildman–Crippen MR) is 123 cm³/mol. The van der Waals surface area contributed by atoms with Gasteiger partial charge in [0, 0.05) is 17.2 Å². The Kier molecular flexibility index (Phi) is 8.97. The molecule has 0 unspecified atom stereocenters. The molecule has 0 aromatic heterocycles. The molecule has 0 N–H and O–H groups in total. The van der Waals surface area contributed by atoms with Gasteiger partial charge in [0.25, 0.3) is 0 Å². The molecular weight excluding hydrogens is 376 g/mol. The van der Waals surface area contributed by atoms with E-state index in [4.69, 9.17) is 14.2 Å². The highest BCUT2D eigenvalue weighted by atomic mass is 16.5. The van der Waals surface area contributed by atoms with Crippen molar-refractivity contribution in [2.75, 3.05) is 6.61 Å². The number of hydrogen-bond acceptors (Lipinski definition) is 4. The summed E-state index contributed by atoms with van der Waals surface area (Å²) in [5.74, 6) is 2.27. The second-order valence-electron chi connectivity index (χ2n) is 7.73. The van der Waals surface area contributed by atoms with Crippen LogP contribution in [0.15, 0.2) is 42.5 Å². The molecule has 0 heterocycles. The Morgan fingerprint density at radius 2 is 1.60 bits per heavy atom. The lowest BCUT2D eigenvalue weighted by atomic mass is 9.99. The number of ether oxygens (including phenoxy) is 3. The molecule has 0 saturated heterocycles. The van der Waals surface area contributed by atoms with Crippen LogP contribution in [0.1, 0.15) is 69.4 Å². The molecule has 0 fully saturated rings. The summed E-state index contributed by atoms with van der Waals surface area (Å²) in [5, 5.41) is 0. The molecule has 0 saturated carbocycles. The molecular formula is C26H34O4. The topological polar surface area (TPSA) is 44.8 Å². The third kappa shape index (κ3) is 6.94. The van der Waals surface area contributed by atoms with Gasteiger partial charge in [-0.15, -0.1) is 0 Å². The van der Waals surface area contributed by atoms with Gasteiger partial charge < -0.3 is 14.2 Å². The lowest BCUT2D eigenvalue weighted by Crippen LogP contribution is -2.10. The maximum atomic E-state index is 12.7. The summed E-state index contributed by atoms with van der Waals surface area (Å²) in [7, 11) is 0. The number of carbonyl (C=O) groups is 1. The van der Waals surface area contributed by atoms with Gasteiger partial charge in [-0.3, -0.25) is 4.79 Å². The van der Waals surface area contributed by atoms with Crippen molar-refractivity contribution in [2.24, 2.45) is 0 Å². The van der Waals surface area contributed by atoms with Crippen LogP contribution in [0.4, 0.5) is 0 Å². The summed E-state index contributed by atoms with van der Waals surface area (Å²) < 4.78 is 17.4. The Balaban J connectivity index is 2.37. The minimum atomic E-state index is -0.0537. The van der Waals surface area contributed by atoms with Crippen molar-refractivity contribution in [3.63, 3.8) is 0 Å². The summed E-state index contributed by atoms with van der Waals surface area (Å²) in [6.07, 6.45) is 5.42. The van der Waals surface area contributed by atoms with E-state index >= 15 is 0 Å². The van der Waals surface area contributed by atoms with Crippen LogP contribution in [0.3, 0.4) is 0 Å². The smallest absolute Gasteiger partial charge is 0.185 e. The summed E-state index contributed by atoms with van der Waals surface area (Å²) in [4.78, 5) is 12.7. The van der Waals surface area contributed by atoms with Gasteiger partial charge in [-0.25, -0.2) is 0 Å². The van der Waals surface area contributed by atoms with Crippen molar-refractivity contribution in [1.29, 1.82) is 0 Å². The zero-order valence-corrected chi connectivity index (χ0v) is 19.0. The van der Waals surface area contributed by atoms with E-state index in [0.717, 1.165) is 41.2 Å². The summed E-state index contributed by atoms with van der Waals surface area (Å²) in [6.45, 7) is 12.7. The fraction of sp³-hybridized carbons (Fsp3) is 0.423. The number of ketones is 1. The largest absolute Gasteiger partial charge is 0.494 e. The number of hydrogen-bond donors (Lipinski definition) is 0. The fourth-order valence-electron chi connectivity index (χ4n) is 3.15. The maximum absolute atomic E-state index is 12.7. The minimum Gasteiger partial charge on any atom is -0.494 e. The molecule has 30 heavy (non-hydrogen) atoms. The first kappa shape index (κ1) is 23.5. The first-order chi connectivity index (χ1) is 14.3. The van der Waals surface area contributed by atoms with Gasteiger partial charge in [-0.05, 0) is 83.0 Å². The standard InChI is InChI=1S/C26H34O4/c1-7-9-24-21(16-23(29-18(3)4)17-26(24)30-19(5)6)12-15-25(27)20-10-13-22(14-11-20)28-8-2/h10-19H,7-9H2,1-6H3/b15-12+. The van der Waals surface area contributed by atoms with Crippen LogP contribution in [-0.2, 0) is 6.42 Å². The molecule has 0 amide bonds. The maximum Gasteiger partial charge on any atom is 0.185 e. The summed E-state index contributed by atoms with van der Waals surface area (Å²) in [6, 6.07) is 11.2.